The summed E-state index contributed by atoms with van der Waals surface area (Å²) >= 11 is 0. The zero-order chi connectivity index (χ0) is 22.7. The predicted molar refractivity (Wildman–Crippen MR) is 128 cm³/mol. The molecule has 0 aliphatic heterocycles. The van der Waals surface area contributed by atoms with E-state index < -0.39 is 10.0 Å². The molecule has 0 saturated carbocycles. The molecule has 0 radical (unpaired) electrons. The van der Waals surface area contributed by atoms with Crippen molar-refractivity contribution in [2.75, 3.05) is 33.2 Å². The second kappa shape index (κ2) is 12.4. The number of likely N-dealkylation sites (N-methyl/N-ethyl adjacent to an activating group) is 1. The van der Waals surface area contributed by atoms with Crippen molar-refractivity contribution in [3.05, 3.63) is 65.7 Å². The molecule has 31 heavy (non-hydrogen) atoms. The van der Waals surface area contributed by atoms with Gasteiger partial charge in [0.1, 0.15) is 0 Å². The Hall–Kier alpha value is -2.42. The molecule has 0 amide bonds. The number of sulfonamides is 1. The van der Waals surface area contributed by atoms with E-state index in [1.165, 1.54) is 12.6 Å². The lowest BCUT2D eigenvalue weighted by atomic mass is 10.1. The van der Waals surface area contributed by atoms with Crippen LogP contribution in [0.2, 0.25) is 0 Å². The van der Waals surface area contributed by atoms with Crippen molar-refractivity contribution >= 4 is 16.0 Å². The highest BCUT2D eigenvalue weighted by Gasteiger charge is 2.18. The lowest BCUT2D eigenvalue weighted by Gasteiger charge is -2.30. The van der Waals surface area contributed by atoms with Gasteiger partial charge in [-0.3, -0.25) is 4.90 Å². The minimum atomic E-state index is -3.43. The van der Waals surface area contributed by atoms with E-state index in [0.29, 0.717) is 6.54 Å². The van der Waals surface area contributed by atoms with Gasteiger partial charge in [0.2, 0.25) is 10.0 Å². The Balaban J connectivity index is 2.11. The second-order valence-corrected chi connectivity index (χ2v) is 8.96. The summed E-state index contributed by atoms with van der Waals surface area (Å²) < 4.78 is 26.1. The molecule has 1 atom stereocenters. The maximum absolute atomic E-state index is 11.9. The molecule has 0 aliphatic rings. The van der Waals surface area contributed by atoms with Crippen LogP contribution in [0.5, 0.6) is 0 Å². The van der Waals surface area contributed by atoms with Crippen LogP contribution in [-0.2, 0) is 16.6 Å². The van der Waals surface area contributed by atoms with Crippen LogP contribution in [-0.4, -0.2) is 52.5 Å². The minimum Gasteiger partial charge on any atom is -0.357 e. The van der Waals surface area contributed by atoms with Crippen LogP contribution >= 0.6 is 0 Å². The third-order valence-electron chi connectivity index (χ3n) is 5.17. The topological polar surface area (TPSA) is 85.8 Å². The summed E-state index contributed by atoms with van der Waals surface area (Å²) in [5, 5.41) is 6.77. The third kappa shape index (κ3) is 7.34. The Labute approximate surface area is 187 Å². The van der Waals surface area contributed by atoms with Crippen molar-refractivity contribution in [3.8, 4) is 0 Å². The predicted octanol–water partition coefficient (Wildman–Crippen LogP) is 2.73. The molecule has 0 aliphatic carbocycles. The summed E-state index contributed by atoms with van der Waals surface area (Å²) in [7, 11) is -2.02. The summed E-state index contributed by atoms with van der Waals surface area (Å²) in [4.78, 5) is 7.35. The third-order valence-corrected chi connectivity index (χ3v) is 6.60. The van der Waals surface area contributed by atoms with Gasteiger partial charge in [0.15, 0.2) is 5.96 Å². The number of nitrogens with one attached hydrogen (secondary N) is 3. The summed E-state index contributed by atoms with van der Waals surface area (Å²) in [5.74, 6) is 0.738. The van der Waals surface area contributed by atoms with Crippen LogP contribution in [0, 0.1) is 0 Å². The highest BCUT2D eigenvalue weighted by atomic mass is 32.2. The quantitative estimate of drug-likeness (QED) is 0.366. The highest BCUT2D eigenvalue weighted by Crippen LogP contribution is 2.19. The van der Waals surface area contributed by atoms with Crippen molar-refractivity contribution in [3.63, 3.8) is 0 Å². The number of nitrogens with zero attached hydrogens (tertiary/aromatic N) is 2. The van der Waals surface area contributed by atoms with E-state index in [-0.39, 0.29) is 10.9 Å². The van der Waals surface area contributed by atoms with Gasteiger partial charge in [-0.2, -0.15) is 0 Å². The number of benzene rings is 2. The fourth-order valence-corrected chi connectivity index (χ4v) is 4.12. The van der Waals surface area contributed by atoms with Crippen LogP contribution in [0.3, 0.4) is 0 Å². The van der Waals surface area contributed by atoms with Crippen molar-refractivity contribution in [2.24, 2.45) is 4.99 Å². The molecule has 2 aromatic carbocycles. The molecule has 2 rings (SSSR count). The van der Waals surface area contributed by atoms with Crippen LogP contribution in [0.1, 0.15) is 37.9 Å². The number of hydrogen-bond acceptors (Lipinski definition) is 4. The van der Waals surface area contributed by atoms with E-state index in [1.54, 1.807) is 24.3 Å². The normalized spacial score (nSPS) is 13.3. The Kier molecular flexibility index (Phi) is 9.97. The number of hydrogen-bond donors (Lipinski definition) is 3. The Morgan fingerprint density at radius 2 is 1.61 bits per heavy atom. The molecule has 0 heterocycles. The summed E-state index contributed by atoms with van der Waals surface area (Å²) in [6.45, 7) is 10.3. The molecule has 0 spiro atoms. The molecule has 3 N–H and O–H groups in total. The smallest absolute Gasteiger partial charge is 0.240 e. The maximum atomic E-state index is 11.9. The number of rotatable bonds is 11. The Morgan fingerprint density at radius 3 is 2.16 bits per heavy atom. The molecule has 0 fully saturated rings. The van der Waals surface area contributed by atoms with E-state index in [1.807, 2.05) is 13.0 Å². The van der Waals surface area contributed by atoms with Crippen LogP contribution < -0.4 is 15.4 Å². The van der Waals surface area contributed by atoms with Gasteiger partial charge in [-0.1, -0.05) is 56.3 Å². The van der Waals surface area contributed by atoms with Gasteiger partial charge in [0.05, 0.1) is 17.5 Å². The summed E-state index contributed by atoms with van der Waals surface area (Å²) in [6, 6.07) is 17.5. The van der Waals surface area contributed by atoms with E-state index in [4.69, 9.17) is 0 Å². The van der Waals surface area contributed by atoms with Gasteiger partial charge in [-0.05, 0) is 50.3 Å². The van der Waals surface area contributed by atoms with Gasteiger partial charge in [-0.15, -0.1) is 0 Å². The average molecular weight is 446 g/mol. The van der Waals surface area contributed by atoms with Gasteiger partial charge < -0.3 is 10.6 Å². The molecule has 0 bridgehead atoms. The van der Waals surface area contributed by atoms with Gasteiger partial charge in [0, 0.05) is 13.1 Å². The lowest BCUT2D eigenvalue weighted by Crippen LogP contribution is -2.43. The highest BCUT2D eigenvalue weighted by molar-refractivity contribution is 7.89. The van der Waals surface area contributed by atoms with Crippen LogP contribution in [0.25, 0.3) is 0 Å². The van der Waals surface area contributed by atoms with Gasteiger partial charge in [-0.25, -0.2) is 18.1 Å². The first kappa shape index (κ1) is 24.8. The number of guanidine groups is 1. The molecule has 7 nitrogen and oxygen atoms in total. The first-order valence-electron chi connectivity index (χ1n) is 10.8. The zero-order valence-corrected chi connectivity index (χ0v) is 19.7. The zero-order valence-electron chi connectivity index (χ0n) is 18.9. The average Bonchev–Trinajstić information content (AvgIpc) is 2.80. The summed E-state index contributed by atoms with van der Waals surface area (Å²) in [6.07, 6.45) is 0. The van der Waals surface area contributed by atoms with Crippen LogP contribution in [0.4, 0.5) is 0 Å². The largest absolute Gasteiger partial charge is 0.357 e. The monoisotopic (exact) mass is 445 g/mol. The molecular formula is C23H35N5O2S. The molecule has 1 unspecified atom stereocenters. The van der Waals surface area contributed by atoms with E-state index >= 15 is 0 Å². The van der Waals surface area contributed by atoms with Crippen molar-refractivity contribution < 1.29 is 8.42 Å². The Morgan fingerprint density at radius 1 is 0.968 bits per heavy atom. The lowest BCUT2D eigenvalue weighted by molar-refractivity contribution is 0.219. The Bertz CT molecular complexity index is 911. The molecule has 170 valence electrons. The van der Waals surface area contributed by atoms with Crippen molar-refractivity contribution in [2.45, 2.75) is 38.3 Å². The minimum absolute atomic E-state index is 0.242. The van der Waals surface area contributed by atoms with E-state index in [9.17, 15) is 8.42 Å². The fourth-order valence-electron chi connectivity index (χ4n) is 3.39. The first-order valence-corrected chi connectivity index (χ1v) is 12.3. The second-order valence-electron chi connectivity index (χ2n) is 7.08. The van der Waals surface area contributed by atoms with Crippen molar-refractivity contribution in [1.82, 2.24) is 20.3 Å². The first-order chi connectivity index (χ1) is 14.9. The van der Waals surface area contributed by atoms with Crippen molar-refractivity contribution in [1.29, 1.82) is 0 Å². The standard InChI is InChI=1S/C23H35N5O2S/c1-5-25-23(26-17-19-13-15-21(16-14-19)31(29,30)24-4)27-18-22(28(6-2)7-3)20-11-9-8-10-12-20/h8-16,22,24H,5-7,17-18H2,1-4H3,(H2,25,26,27). The van der Waals surface area contributed by atoms with Gasteiger partial charge in [0.25, 0.3) is 0 Å². The summed E-state index contributed by atoms with van der Waals surface area (Å²) in [5.41, 5.74) is 2.21. The van der Waals surface area contributed by atoms with Crippen LogP contribution in [0.15, 0.2) is 64.5 Å². The molecule has 0 saturated heterocycles. The molecule has 0 aromatic heterocycles. The SMILES string of the molecule is CCNC(=NCc1ccc(S(=O)(=O)NC)cc1)NCC(c1ccccc1)N(CC)CC. The fraction of sp³-hybridized carbons (Fsp3) is 0.435. The molecular weight excluding hydrogens is 410 g/mol. The van der Waals surface area contributed by atoms with Gasteiger partial charge >= 0.3 is 0 Å². The number of aliphatic imine (C=N–C) groups is 1. The van der Waals surface area contributed by atoms with E-state index in [0.717, 1.165) is 37.7 Å². The van der Waals surface area contributed by atoms with E-state index in [2.05, 4.69) is 63.4 Å². The molecule has 2 aromatic rings. The molecule has 8 heteroatoms. The maximum Gasteiger partial charge on any atom is 0.240 e.